The highest BCUT2D eigenvalue weighted by molar-refractivity contribution is 5.83. The summed E-state index contributed by atoms with van der Waals surface area (Å²) in [7, 11) is 0. The van der Waals surface area contributed by atoms with Crippen LogP contribution in [0.3, 0.4) is 0 Å². The van der Waals surface area contributed by atoms with E-state index >= 15 is 0 Å². The zero-order valence-corrected chi connectivity index (χ0v) is 6.38. The van der Waals surface area contributed by atoms with Crippen LogP contribution in [-0.2, 0) is 4.79 Å². The molecule has 0 atom stereocenters. The predicted molar refractivity (Wildman–Crippen MR) is 37.8 cm³/mol. The number of hydrogen-bond acceptors (Lipinski definition) is 2. The van der Waals surface area contributed by atoms with E-state index in [9.17, 15) is 4.79 Å². The third-order valence-electron chi connectivity index (χ3n) is 0.789. The summed E-state index contributed by atoms with van der Waals surface area (Å²) in [5.74, 6) is -1.87. The van der Waals surface area contributed by atoms with Gasteiger partial charge >= 0.3 is 5.97 Å². The molecule has 0 fully saturated rings. The average Bonchev–Trinajstić information content (AvgIpc) is 1.60. The molecule has 0 bridgehead atoms. The Hall–Kier alpha value is -0.990. The van der Waals surface area contributed by atoms with Crippen molar-refractivity contribution in [2.45, 2.75) is 20.8 Å². The molecule has 0 aromatic heterocycles. The fourth-order valence-corrected chi connectivity index (χ4v) is 0.472. The number of allylic oxidation sites excluding steroid dienone is 1. The first-order valence-electron chi connectivity index (χ1n) is 2.98. The number of carboxylic acids is 1. The first-order chi connectivity index (χ1) is 4.33. The van der Waals surface area contributed by atoms with Gasteiger partial charge in [0, 0.05) is 0 Å². The van der Waals surface area contributed by atoms with E-state index in [1.54, 1.807) is 0 Å². The molecule has 0 saturated heterocycles. The second-order valence-corrected chi connectivity index (χ2v) is 3.20. The highest BCUT2D eigenvalue weighted by Gasteiger charge is 2.11. The normalized spacial score (nSPS) is 13.3. The van der Waals surface area contributed by atoms with E-state index < -0.39 is 11.7 Å². The van der Waals surface area contributed by atoms with E-state index in [0.29, 0.717) is 0 Å². The van der Waals surface area contributed by atoms with E-state index in [1.807, 2.05) is 20.8 Å². The molecule has 58 valence electrons. The van der Waals surface area contributed by atoms with Crippen molar-refractivity contribution in [3.8, 4) is 0 Å². The van der Waals surface area contributed by atoms with Crippen molar-refractivity contribution < 1.29 is 15.0 Å². The summed E-state index contributed by atoms with van der Waals surface area (Å²) >= 11 is 0. The predicted octanol–water partition coefficient (Wildman–Crippen LogP) is 1.56. The van der Waals surface area contributed by atoms with Crippen molar-refractivity contribution in [1.29, 1.82) is 0 Å². The monoisotopic (exact) mass is 144 g/mol. The van der Waals surface area contributed by atoms with Crippen molar-refractivity contribution in [3.05, 3.63) is 11.8 Å². The molecule has 0 aromatic carbocycles. The Bertz CT molecular complexity index is 162. The van der Waals surface area contributed by atoms with Crippen molar-refractivity contribution in [2.75, 3.05) is 0 Å². The third-order valence-corrected chi connectivity index (χ3v) is 0.789. The standard InChI is InChI=1S/C7H12O3/c1-7(2,3)4-5(8)6(9)10/h4,8H,1-3H3,(H,9,10). The van der Waals surface area contributed by atoms with Crippen LogP contribution >= 0.6 is 0 Å². The molecule has 0 aliphatic heterocycles. The molecule has 3 nitrogen and oxygen atoms in total. The topological polar surface area (TPSA) is 57.5 Å². The molecule has 0 spiro atoms. The SMILES string of the molecule is CC(C)(C)C=C(O)C(=O)O. The lowest BCUT2D eigenvalue weighted by molar-refractivity contribution is -0.135. The highest BCUT2D eigenvalue weighted by atomic mass is 16.4. The van der Waals surface area contributed by atoms with E-state index in [4.69, 9.17) is 10.2 Å². The summed E-state index contributed by atoms with van der Waals surface area (Å²) in [4.78, 5) is 10.1. The maximum absolute atomic E-state index is 10.1. The Labute approximate surface area is 60.0 Å². The number of aliphatic hydroxyl groups excluding tert-OH is 1. The second-order valence-electron chi connectivity index (χ2n) is 3.20. The lowest BCUT2D eigenvalue weighted by atomic mass is 9.96. The number of aliphatic carboxylic acids is 1. The minimum atomic E-state index is -1.28. The van der Waals surface area contributed by atoms with Crippen LogP contribution in [0.15, 0.2) is 11.8 Å². The van der Waals surface area contributed by atoms with E-state index in [2.05, 4.69) is 0 Å². The van der Waals surface area contributed by atoms with Crippen molar-refractivity contribution >= 4 is 5.97 Å². The summed E-state index contributed by atoms with van der Waals surface area (Å²) < 4.78 is 0. The fourth-order valence-electron chi connectivity index (χ4n) is 0.472. The van der Waals surface area contributed by atoms with Crippen LogP contribution in [0, 0.1) is 5.41 Å². The fraction of sp³-hybridized carbons (Fsp3) is 0.571. The molecule has 0 rings (SSSR count). The van der Waals surface area contributed by atoms with Crippen LogP contribution in [0.2, 0.25) is 0 Å². The number of hydrogen-bond donors (Lipinski definition) is 2. The average molecular weight is 144 g/mol. The van der Waals surface area contributed by atoms with Gasteiger partial charge in [0.15, 0.2) is 5.76 Å². The minimum absolute atomic E-state index is 0.289. The van der Waals surface area contributed by atoms with Crippen LogP contribution in [0.5, 0.6) is 0 Å². The minimum Gasteiger partial charge on any atom is -0.502 e. The molecule has 0 amide bonds. The van der Waals surface area contributed by atoms with Crippen molar-refractivity contribution in [2.24, 2.45) is 5.41 Å². The van der Waals surface area contributed by atoms with Crippen LogP contribution < -0.4 is 0 Å². The Morgan fingerprint density at radius 2 is 1.70 bits per heavy atom. The van der Waals surface area contributed by atoms with Gasteiger partial charge in [-0.15, -0.1) is 0 Å². The molecule has 0 aliphatic carbocycles. The quantitative estimate of drug-likeness (QED) is 0.433. The third kappa shape index (κ3) is 3.95. The molecule has 0 aromatic rings. The van der Waals surface area contributed by atoms with Gasteiger partial charge in [0.1, 0.15) is 0 Å². The van der Waals surface area contributed by atoms with Gasteiger partial charge < -0.3 is 10.2 Å². The molecule has 0 saturated carbocycles. The summed E-state index contributed by atoms with van der Waals surface area (Å²) in [6.45, 7) is 5.44. The van der Waals surface area contributed by atoms with Crippen molar-refractivity contribution in [1.82, 2.24) is 0 Å². The molecule has 10 heavy (non-hydrogen) atoms. The van der Waals surface area contributed by atoms with Gasteiger partial charge in [-0.3, -0.25) is 0 Å². The smallest absolute Gasteiger partial charge is 0.370 e. The van der Waals surface area contributed by atoms with E-state index in [0.717, 1.165) is 0 Å². The van der Waals surface area contributed by atoms with Crippen molar-refractivity contribution in [3.63, 3.8) is 0 Å². The first kappa shape index (κ1) is 9.01. The number of aliphatic hydroxyl groups is 1. The Morgan fingerprint density at radius 3 is 1.80 bits per heavy atom. The first-order valence-corrected chi connectivity index (χ1v) is 2.98. The lowest BCUT2D eigenvalue weighted by Gasteiger charge is -2.10. The molecular weight excluding hydrogens is 132 g/mol. The maximum atomic E-state index is 10.1. The van der Waals surface area contributed by atoms with Gasteiger partial charge in [0.05, 0.1) is 0 Å². The second kappa shape index (κ2) is 2.73. The van der Waals surface area contributed by atoms with Crippen LogP contribution in [0.25, 0.3) is 0 Å². The van der Waals surface area contributed by atoms with Crippen LogP contribution in [-0.4, -0.2) is 16.2 Å². The number of carbonyl (C=O) groups is 1. The van der Waals surface area contributed by atoms with E-state index in [-0.39, 0.29) is 5.41 Å². The Morgan fingerprint density at radius 1 is 1.30 bits per heavy atom. The lowest BCUT2D eigenvalue weighted by Crippen LogP contribution is -2.06. The largest absolute Gasteiger partial charge is 0.502 e. The summed E-state index contributed by atoms with van der Waals surface area (Å²) in [5, 5.41) is 17.0. The molecular formula is C7H12O3. The number of rotatable bonds is 1. The van der Waals surface area contributed by atoms with Crippen LogP contribution in [0.4, 0.5) is 0 Å². The Kier molecular flexibility index (Phi) is 2.46. The van der Waals surface area contributed by atoms with Gasteiger partial charge in [-0.1, -0.05) is 20.8 Å². The number of carboxylic acid groups (broad SMARTS) is 1. The van der Waals surface area contributed by atoms with Gasteiger partial charge in [-0.2, -0.15) is 0 Å². The molecule has 2 N–H and O–H groups in total. The van der Waals surface area contributed by atoms with E-state index in [1.165, 1.54) is 6.08 Å². The highest BCUT2D eigenvalue weighted by Crippen LogP contribution is 2.16. The zero-order chi connectivity index (χ0) is 8.36. The maximum Gasteiger partial charge on any atom is 0.370 e. The molecule has 0 radical (unpaired) electrons. The van der Waals surface area contributed by atoms with Gasteiger partial charge in [-0.05, 0) is 11.5 Å². The van der Waals surface area contributed by atoms with Crippen LogP contribution in [0.1, 0.15) is 20.8 Å². The molecule has 0 aliphatic rings. The Balaban J connectivity index is 4.32. The van der Waals surface area contributed by atoms with Gasteiger partial charge in [0.2, 0.25) is 0 Å². The summed E-state index contributed by atoms with van der Waals surface area (Å²) in [6, 6.07) is 0. The summed E-state index contributed by atoms with van der Waals surface area (Å²) in [5.41, 5.74) is -0.289. The molecule has 3 heteroatoms. The van der Waals surface area contributed by atoms with Gasteiger partial charge in [0.25, 0.3) is 0 Å². The summed E-state index contributed by atoms with van der Waals surface area (Å²) in [6.07, 6.45) is 1.30. The van der Waals surface area contributed by atoms with Gasteiger partial charge in [-0.25, -0.2) is 4.79 Å². The zero-order valence-electron chi connectivity index (χ0n) is 6.38. The molecule has 0 heterocycles. The molecule has 0 unspecified atom stereocenters.